The lowest BCUT2D eigenvalue weighted by Gasteiger charge is -2.33. The van der Waals surface area contributed by atoms with E-state index in [1.165, 1.54) is 11.8 Å². The van der Waals surface area contributed by atoms with Crippen LogP contribution >= 0.6 is 11.8 Å². The molecule has 0 aromatic heterocycles. The van der Waals surface area contributed by atoms with Gasteiger partial charge in [-0.25, -0.2) is 4.79 Å². The second-order valence-corrected chi connectivity index (χ2v) is 8.96. The standard InChI is InChI=1S/C22H29N5O4S/c1-2-31-22(30)27-9-7-17(8-10-27)24-19(28)11-18-12-20(29)26-21(25-18)32-14-16-5-3-15(13-23)4-6-16/h3-6,17-18,21,25H,2,7-12,14H2,1H3,(H,24,28)(H,26,29). The van der Waals surface area contributed by atoms with Crippen molar-refractivity contribution in [3.8, 4) is 6.07 Å². The fourth-order valence-electron chi connectivity index (χ4n) is 3.75. The van der Waals surface area contributed by atoms with Crippen LogP contribution in [0.5, 0.6) is 0 Å². The first-order valence-corrected chi connectivity index (χ1v) is 11.9. The Kier molecular flexibility index (Phi) is 8.76. The Morgan fingerprint density at radius 3 is 2.66 bits per heavy atom. The molecule has 1 aromatic rings. The normalized spacial score (nSPS) is 21.4. The van der Waals surface area contributed by atoms with E-state index in [1.807, 2.05) is 12.1 Å². The lowest BCUT2D eigenvalue weighted by atomic mass is 10.0. The molecule has 0 bridgehead atoms. The molecule has 32 heavy (non-hydrogen) atoms. The van der Waals surface area contributed by atoms with Crippen LogP contribution in [0, 0.1) is 11.3 Å². The fourth-order valence-corrected chi connectivity index (χ4v) is 4.81. The number of benzene rings is 1. The molecule has 3 N–H and O–H groups in total. The van der Waals surface area contributed by atoms with Gasteiger partial charge in [0.1, 0.15) is 5.50 Å². The summed E-state index contributed by atoms with van der Waals surface area (Å²) in [5.41, 5.74) is 1.39. The van der Waals surface area contributed by atoms with Crippen molar-refractivity contribution in [3.05, 3.63) is 35.4 Å². The van der Waals surface area contributed by atoms with Gasteiger partial charge < -0.3 is 20.3 Å². The minimum atomic E-state index is -0.306. The molecular weight excluding hydrogens is 430 g/mol. The summed E-state index contributed by atoms with van der Waals surface area (Å²) in [6.07, 6.45) is 1.54. The molecule has 2 aliphatic heterocycles. The summed E-state index contributed by atoms with van der Waals surface area (Å²) in [7, 11) is 0. The van der Waals surface area contributed by atoms with Gasteiger partial charge in [-0.2, -0.15) is 5.26 Å². The number of nitriles is 1. The number of hydrogen-bond donors (Lipinski definition) is 3. The van der Waals surface area contributed by atoms with Gasteiger partial charge in [0.15, 0.2) is 0 Å². The largest absolute Gasteiger partial charge is 0.450 e. The molecule has 1 aromatic carbocycles. The SMILES string of the molecule is CCOC(=O)N1CCC(NC(=O)CC2CC(=O)NC(SCc3ccc(C#N)cc3)N2)CC1. The highest BCUT2D eigenvalue weighted by Gasteiger charge is 2.29. The predicted molar refractivity (Wildman–Crippen MR) is 120 cm³/mol. The maximum atomic E-state index is 12.5. The van der Waals surface area contributed by atoms with E-state index in [9.17, 15) is 14.4 Å². The zero-order valence-electron chi connectivity index (χ0n) is 18.1. The first kappa shape index (κ1) is 23.9. The lowest BCUT2D eigenvalue weighted by molar-refractivity contribution is -0.125. The zero-order valence-corrected chi connectivity index (χ0v) is 19.0. The van der Waals surface area contributed by atoms with Crippen LogP contribution in [-0.4, -0.2) is 60.1 Å². The number of carbonyl (C=O) groups is 3. The molecule has 2 aliphatic rings. The molecule has 2 fully saturated rings. The van der Waals surface area contributed by atoms with Gasteiger partial charge in [0, 0.05) is 43.8 Å². The van der Waals surface area contributed by atoms with Crippen molar-refractivity contribution < 1.29 is 19.1 Å². The van der Waals surface area contributed by atoms with Gasteiger partial charge >= 0.3 is 6.09 Å². The first-order valence-electron chi connectivity index (χ1n) is 10.8. The number of amides is 3. The maximum Gasteiger partial charge on any atom is 0.409 e. The number of rotatable bonds is 7. The maximum absolute atomic E-state index is 12.5. The Morgan fingerprint density at radius 2 is 2.00 bits per heavy atom. The zero-order chi connectivity index (χ0) is 22.9. The second-order valence-electron chi connectivity index (χ2n) is 7.87. The Hall–Kier alpha value is -2.77. The Balaban J connectivity index is 1.41. The summed E-state index contributed by atoms with van der Waals surface area (Å²) in [6, 6.07) is 9.22. The molecule has 3 amide bonds. The van der Waals surface area contributed by atoms with Gasteiger partial charge in [0.05, 0.1) is 18.2 Å². The quantitative estimate of drug-likeness (QED) is 0.567. The van der Waals surface area contributed by atoms with Crippen LogP contribution in [0.25, 0.3) is 0 Å². The average molecular weight is 460 g/mol. The van der Waals surface area contributed by atoms with Crippen molar-refractivity contribution in [2.75, 3.05) is 19.7 Å². The third-order valence-corrected chi connectivity index (χ3v) is 6.52. The van der Waals surface area contributed by atoms with E-state index in [2.05, 4.69) is 22.0 Å². The molecular formula is C22H29N5O4S. The Bertz CT molecular complexity index is 849. The molecule has 2 heterocycles. The van der Waals surface area contributed by atoms with Gasteiger partial charge in [-0.1, -0.05) is 12.1 Å². The van der Waals surface area contributed by atoms with E-state index >= 15 is 0 Å². The smallest absolute Gasteiger partial charge is 0.409 e. The van der Waals surface area contributed by atoms with Gasteiger partial charge in [-0.15, -0.1) is 11.8 Å². The van der Waals surface area contributed by atoms with E-state index in [0.717, 1.165) is 5.56 Å². The molecule has 10 heteroatoms. The van der Waals surface area contributed by atoms with Crippen molar-refractivity contribution >= 4 is 29.7 Å². The third-order valence-electron chi connectivity index (χ3n) is 5.43. The molecule has 0 spiro atoms. The number of nitrogens with one attached hydrogen (secondary N) is 3. The van der Waals surface area contributed by atoms with Crippen LogP contribution in [0.3, 0.4) is 0 Å². The Labute approximate surface area is 192 Å². The topological polar surface area (TPSA) is 124 Å². The van der Waals surface area contributed by atoms with Gasteiger partial charge in [0.2, 0.25) is 11.8 Å². The first-order chi connectivity index (χ1) is 15.5. The van der Waals surface area contributed by atoms with Gasteiger partial charge in [-0.3, -0.25) is 14.9 Å². The monoisotopic (exact) mass is 459 g/mol. The fraction of sp³-hybridized carbons (Fsp3) is 0.545. The molecule has 172 valence electrons. The van der Waals surface area contributed by atoms with E-state index in [1.54, 1.807) is 24.0 Å². The number of thioether (sulfide) groups is 1. The molecule has 2 unspecified atom stereocenters. The lowest BCUT2D eigenvalue weighted by Crippen LogP contribution is -2.56. The van der Waals surface area contributed by atoms with Gasteiger partial charge in [-0.05, 0) is 37.5 Å². The Morgan fingerprint density at radius 1 is 1.28 bits per heavy atom. The van der Waals surface area contributed by atoms with Crippen molar-refractivity contribution in [1.82, 2.24) is 20.9 Å². The van der Waals surface area contributed by atoms with Crippen molar-refractivity contribution in [2.45, 2.75) is 55.9 Å². The molecule has 2 atom stereocenters. The number of likely N-dealkylation sites (tertiary alicyclic amines) is 1. The molecule has 0 saturated carbocycles. The number of ether oxygens (including phenoxy) is 1. The van der Waals surface area contributed by atoms with E-state index < -0.39 is 0 Å². The van der Waals surface area contributed by atoms with Crippen LogP contribution in [0.2, 0.25) is 0 Å². The molecule has 2 saturated heterocycles. The van der Waals surface area contributed by atoms with Gasteiger partial charge in [0.25, 0.3) is 0 Å². The molecule has 3 rings (SSSR count). The average Bonchev–Trinajstić information content (AvgIpc) is 2.78. The van der Waals surface area contributed by atoms with Crippen LogP contribution in [0.1, 0.15) is 43.7 Å². The van der Waals surface area contributed by atoms with E-state index in [0.29, 0.717) is 43.9 Å². The molecule has 9 nitrogen and oxygen atoms in total. The van der Waals surface area contributed by atoms with Crippen LogP contribution in [0.15, 0.2) is 24.3 Å². The number of carbonyl (C=O) groups excluding carboxylic acids is 3. The number of hydrogen-bond acceptors (Lipinski definition) is 7. The highest BCUT2D eigenvalue weighted by molar-refractivity contribution is 7.99. The molecule has 0 radical (unpaired) electrons. The minimum absolute atomic E-state index is 0.0205. The van der Waals surface area contributed by atoms with E-state index in [-0.39, 0.29) is 48.3 Å². The summed E-state index contributed by atoms with van der Waals surface area (Å²) < 4.78 is 5.02. The summed E-state index contributed by atoms with van der Waals surface area (Å²) >= 11 is 1.53. The van der Waals surface area contributed by atoms with Crippen LogP contribution < -0.4 is 16.0 Å². The van der Waals surface area contributed by atoms with Crippen molar-refractivity contribution in [1.29, 1.82) is 5.26 Å². The summed E-state index contributed by atoms with van der Waals surface area (Å²) in [5, 5.41) is 18.1. The summed E-state index contributed by atoms with van der Waals surface area (Å²) in [5.74, 6) is 0.492. The summed E-state index contributed by atoms with van der Waals surface area (Å²) in [6.45, 7) is 3.24. The van der Waals surface area contributed by atoms with E-state index in [4.69, 9.17) is 10.00 Å². The highest BCUT2D eigenvalue weighted by Crippen LogP contribution is 2.19. The highest BCUT2D eigenvalue weighted by atomic mass is 32.2. The third kappa shape index (κ3) is 7.14. The summed E-state index contributed by atoms with van der Waals surface area (Å²) in [4.78, 5) is 38.1. The van der Waals surface area contributed by atoms with Crippen molar-refractivity contribution in [2.24, 2.45) is 0 Å². The molecule has 0 aliphatic carbocycles. The van der Waals surface area contributed by atoms with Crippen LogP contribution in [-0.2, 0) is 20.1 Å². The number of nitrogens with zero attached hydrogens (tertiary/aromatic N) is 2. The minimum Gasteiger partial charge on any atom is -0.450 e. The van der Waals surface area contributed by atoms with Crippen LogP contribution in [0.4, 0.5) is 4.79 Å². The van der Waals surface area contributed by atoms with Crippen molar-refractivity contribution in [3.63, 3.8) is 0 Å². The second kappa shape index (κ2) is 11.7. The number of piperidine rings is 1. The predicted octanol–water partition coefficient (Wildman–Crippen LogP) is 1.68.